The Bertz CT molecular complexity index is 389. The topological polar surface area (TPSA) is 26.3 Å². The van der Waals surface area contributed by atoms with Crippen molar-refractivity contribution < 1.29 is 13.9 Å². The van der Waals surface area contributed by atoms with Crippen LogP contribution in [0.5, 0.6) is 5.75 Å². The maximum atomic E-state index is 13.0. The van der Waals surface area contributed by atoms with E-state index in [1.807, 2.05) is 0 Å². The molecule has 0 saturated carbocycles. The van der Waals surface area contributed by atoms with Crippen molar-refractivity contribution in [3.05, 3.63) is 29.6 Å². The number of hydrogen-bond donors (Lipinski definition) is 0. The Morgan fingerprint density at radius 3 is 2.76 bits per heavy atom. The number of ketones is 1. The van der Waals surface area contributed by atoms with E-state index in [9.17, 15) is 9.18 Å². The summed E-state index contributed by atoms with van der Waals surface area (Å²) in [5.74, 6) is 0.236. The number of benzene rings is 1. The molecule has 0 heterocycles. The summed E-state index contributed by atoms with van der Waals surface area (Å²) in [6.07, 6.45) is 0.988. The van der Waals surface area contributed by atoms with Crippen LogP contribution in [0.1, 0.15) is 30.6 Å². The summed E-state index contributed by atoms with van der Waals surface area (Å²) in [5, 5.41) is 0.847. The largest absolute Gasteiger partial charge is 0.493 e. The Kier molecular flexibility index (Phi) is 5.62. The Morgan fingerprint density at radius 2 is 2.24 bits per heavy atom. The number of halogens is 2. The van der Waals surface area contributed by atoms with Gasteiger partial charge in [0.2, 0.25) is 0 Å². The third-order valence-electron chi connectivity index (χ3n) is 2.59. The van der Waals surface area contributed by atoms with Crippen LogP contribution < -0.4 is 4.74 Å². The molecule has 4 heteroatoms. The van der Waals surface area contributed by atoms with Gasteiger partial charge in [-0.1, -0.05) is 22.9 Å². The van der Waals surface area contributed by atoms with Crippen molar-refractivity contribution in [2.45, 2.75) is 20.3 Å². The molecule has 17 heavy (non-hydrogen) atoms. The standard InChI is InChI=1S/C13H16BrFO2/c1-3-10(7-14)8-17-13-5-4-11(15)6-12(13)9(2)16/h4-6,10H,3,7-8H2,1-2H3. The molecule has 0 spiro atoms. The summed E-state index contributed by atoms with van der Waals surface area (Å²) in [4.78, 5) is 11.3. The number of alkyl halides is 1. The van der Waals surface area contributed by atoms with Gasteiger partial charge in [-0.15, -0.1) is 0 Å². The lowest BCUT2D eigenvalue weighted by Gasteiger charge is -2.14. The fraction of sp³-hybridized carbons (Fsp3) is 0.462. The van der Waals surface area contributed by atoms with Crippen molar-refractivity contribution in [2.75, 3.05) is 11.9 Å². The Balaban J connectivity index is 2.80. The third kappa shape index (κ3) is 4.11. The average molecular weight is 303 g/mol. The first-order chi connectivity index (χ1) is 8.08. The molecule has 1 unspecified atom stereocenters. The number of Topliss-reactive ketones (excluding diaryl/α,β-unsaturated/α-hetero) is 1. The van der Waals surface area contributed by atoms with E-state index >= 15 is 0 Å². The zero-order valence-electron chi connectivity index (χ0n) is 10.0. The number of carbonyl (C=O) groups is 1. The molecule has 0 aromatic heterocycles. The van der Waals surface area contributed by atoms with Gasteiger partial charge in [0, 0.05) is 11.2 Å². The predicted molar refractivity (Wildman–Crippen MR) is 69.5 cm³/mol. The van der Waals surface area contributed by atoms with Crippen LogP contribution in [0.15, 0.2) is 18.2 Å². The number of hydrogen-bond acceptors (Lipinski definition) is 2. The minimum atomic E-state index is -0.421. The molecule has 1 atom stereocenters. The van der Waals surface area contributed by atoms with Gasteiger partial charge in [-0.3, -0.25) is 4.79 Å². The molecule has 0 N–H and O–H groups in total. The van der Waals surface area contributed by atoms with E-state index < -0.39 is 5.82 Å². The second-order valence-electron chi connectivity index (χ2n) is 3.94. The lowest BCUT2D eigenvalue weighted by Crippen LogP contribution is -2.13. The predicted octanol–water partition coefficient (Wildman–Crippen LogP) is 3.83. The molecule has 94 valence electrons. The Labute approximate surface area is 109 Å². The molecule has 0 amide bonds. The molecular formula is C13H16BrFO2. The van der Waals surface area contributed by atoms with Crippen molar-refractivity contribution in [3.8, 4) is 5.75 Å². The second kappa shape index (κ2) is 6.74. The lowest BCUT2D eigenvalue weighted by molar-refractivity contribution is 0.101. The molecule has 0 bridgehead atoms. The minimum absolute atomic E-state index is 0.189. The van der Waals surface area contributed by atoms with Gasteiger partial charge in [0.1, 0.15) is 11.6 Å². The molecular weight excluding hydrogens is 287 g/mol. The van der Waals surface area contributed by atoms with Crippen molar-refractivity contribution >= 4 is 21.7 Å². The zero-order chi connectivity index (χ0) is 12.8. The molecule has 0 aliphatic heterocycles. The summed E-state index contributed by atoms with van der Waals surface area (Å²) in [6.45, 7) is 4.00. The quantitative estimate of drug-likeness (QED) is 0.590. The summed E-state index contributed by atoms with van der Waals surface area (Å²) in [5.41, 5.74) is 0.300. The summed E-state index contributed by atoms with van der Waals surface area (Å²) in [7, 11) is 0. The Hall–Kier alpha value is -0.900. The minimum Gasteiger partial charge on any atom is -0.493 e. The van der Waals surface area contributed by atoms with Crippen LogP contribution in [0, 0.1) is 11.7 Å². The van der Waals surface area contributed by atoms with Crippen molar-refractivity contribution in [3.63, 3.8) is 0 Å². The van der Waals surface area contributed by atoms with E-state index in [4.69, 9.17) is 4.74 Å². The van der Waals surface area contributed by atoms with E-state index in [0.29, 0.717) is 23.8 Å². The zero-order valence-corrected chi connectivity index (χ0v) is 11.6. The van der Waals surface area contributed by atoms with Crippen LogP contribution in [-0.2, 0) is 0 Å². The van der Waals surface area contributed by atoms with Crippen LogP contribution in [-0.4, -0.2) is 17.7 Å². The van der Waals surface area contributed by atoms with Crippen LogP contribution in [0.3, 0.4) is 0 Å². The normalized spacial score (nSPS) is 12.2. The SMILES string of the molecule is CCC(CBr)COc1ccc(F)cc1C(C)=O. The molecule has 0 aliphatic carbocycles. The second-order valence-corrected chi connectivity index (χ2v) is 4.58. The van der Waals surface area contributed by atoms with Gasteiger partial charge in [-0.2, -0.15) is 0 Å². The summed E-state index contributed by atoms with van der Waals surface area (Å²) in [6, 6.07) is 4.02. The van der Waals surface area contributed by atoms with Gasteiger partial charge in [0.25, 0.3) is 0 Å². The van der Waals surface area contributed by atoms with Crippen molar-refractivity contribution in [1.29, 1.82) is 0 Å². The fourth-order valence-corrected chi connectivity index (χ4v) is 2.03. The van der Waals surface area contributed by atoms with Crippen molar-refractivity contribution in [2.24, 2.45) is 5.92 Å². The number of ether oxygens (including phenoxy) is 1. The third-order valence-corrected chi connectivity index (χ3v) is 3.51. The molecule has 1 aromatic carbocycles. The van der Waals surface area contributed by atoms with E-state index in [1.54, 1.807) is 0 Å². The molecule has 1 rings (SSSR count). The van der Waals surface area contributed by atoms with Crippen LogP contribution in [0.4, 0.5) is 4.39 Å². The number of carbonyl (C=O) groups excluding carboxylic acids is 1. The van der Waals surface area contributed by atoms with Crippen molar-refractivity contribution in [1.82, 2.24) is 0 Å². The summed E-state index contributed by atoms with van der Waals surface area (Å²) < 4.78 is 18.6. The average Bonchev–Trinajstić information content (AvgIpc) is 2.31. The maximum absolute atomic E-state index is 13.0. The van der Waals surface area contributed by atoms with Gasteiger partial charge in [0.15, 0.2) is 5.78 Å². The highest BCUT2D eigenvalue weighted by atomic mass is 79.9. The van der Waals surface area contributed by atoms with Gasteiger partial charge < -0.3 is 4.74 Å². The van der Waals surface area contributed by atoms with Gasteiger partial charge in [-0.25, -0.2) is 4.39 Å². The molecule has 0 aliphatic rings. The molecule has 0 fully saturated rings. The number of rotatable bonds is 6. The van der Waals surface area contributed by atoms with Gasteiger partial charge in [0.05, 0.1) is 12.2 Å². The van der Waals surface area contributed by atoms with Gasteiger partial charge in [-0.05, 0) is 31.5 Å². The monoisotopic (exact) mass is 302 g/mol. The Morgan fingerprint density at radius 1 is 1.53 bits per heavy atom. The first-order valence-electron chi connectivity index (χ1n) is 5.57. The fourth-order valence-electron chi connectivity index (χ4n) is 1.38. The maximum Gasteiger partial charge on any atom is 0.163 e. The van der Waals surface area contributed by atoms with E-state index in [0.717, 1.165) is 11.8 Å². The smallest absolute Gasteiger partial charge is 0.163 e. The highest BCUT2D eigenvalue weighted by Crippen LogP contribution is 2.21. The molecule has 0 saturated heterocycles. The first-order valence-corrected chi connectivity index (χ1v) is 6.69. The first kappa shape index (κ1) is 14.2. The molecule has 2 nitrogen and oxygen atoms in total. The lowest BCUT2D eigenvalue weighted by atomic mass is 10.1. The van der Waals surface area contributed by atoms with E-state index in [2.05, 4.69) is 22.9 Å². The van der Waals surface area contributed by atoms with E-state index in [1.165, 1.54) is 25.1 Å². The van der Waals surface area contributed by atoms with Crippen LogP contribution in [0.2, 0.25) is 0 Å². The molecule has 1 aromatic rings. The molecule has 0 radical (unpaired) electrons. The highest BCUT2D eigenvalue weighted by molar-refractivity contribution is 9.09. The van der Waals surface area contributed by atoms with E-state index in [-0.39, 0.29) is 5.78 Å². The van der Waals surface area contributed by atoms with Gasteiger partial charge >= 0.3 is 0 Å². The van der Waals surface area contributed by atoms with Crippen LogP contribution >= 0.6 is 15.9 Å². The van der Waals surface area contributed by atoms with Crippen LogP contribution in [0.25, 0.3) is 0 Å². The summed E-state index contributed by atoms with van der Waals surface area (Å²) >= 11 is 3.40. The highest BCUT2D eigenvalue weighted by Gasteiger charge is 2.12.